The summed E-state index contributed by atoms with van der Waals surface area (Å²) in [6.07, 6.45) is 0. The van der Waals surface area contributed by atoms with Crippen LogP contribution in [-0.2, 0) is 28.8 Å². The molecular formula is C15H16N6O8S. The van der Waals surface area contributed by atoms with Gasteiger partial charge in [-0.2, -0.15) is 4.98 Å². The molecule has 15 heteroatoms. The number of oxime groups is 1. The van der Waals surface area contributed by atoms with Gasteiger partial charge in [-0.3, -0.25) is 19.3 Å². The number of β-lactam (4-membered cyclic amide) rings is 1. The highest BCUT2D eigenvalue weighted by atomic mass is 32.2. The van der Waals surface area contributed by atoms with Crippen LogP contribution >= 0.6 is 11.8 Å². The Morgan fingerprint density at radius 1 is 1.47 bits per heavy atom. The Hall–Kier alpha value is -3.62. The Labute approximate surface area is 172 Å². The molecular weight excluding hydrogens is 424 g/mol. The van der Waals surface area contributed by atoms with E-state index >= 15 is 0 Å². The lowest BCUT2D eigenvalue weighted by atomic mass is 10.0. The quantitative estimate of drug-likeness (QED) is 0.188. The van der Waals surface area contributed by atoms with Crippen LogP contribution in [-0.4, -0.2) is 80.5 Å². The third kappa shape index (κ3) is 3.91. The van der Waals surface area contributed by atoms with E-state index in [1.807, 2.05) is 0 Å². The van der Waals surface area contributed by atoms with Crippen molar-refractivity contribution in [2.75, 3.05) is 25.2 Å². The normalized spacial score (nSPS) is 20.9. The average molecular weight is 440 g/mol. The lowest BCUT2D eigenvalue weighted by Crippen LogP contribution is -2.71. The van der Waals surface area contributed by atoms with E-state index in [0.29, 0.717) is 0 Å². The van der Waals surface area contributed by atoms with Crippen LogP contribution in [0.5, 0.6) is 0 Å². The summed E-state index contributed by atoms with van der Waals surface area (Å²) < 4.78 is 9.46. The number of ether oxygens (including phenoxy) is 1. The minimum absolute atomic E-state index is 0.191. The van der Waals surface area contributed by atoms with Crippen molar-refractivity contribution in [3.63, 3.8) is 0 Å². The minimum atomic E-state index is -1.34. The van der Waals surface area contributed by atoms with E-state index in [2.05, 4.69) is 30.0 Å². The first-order chi connectivity index (χ1) is 14.2. The molecule has 3 heterocycles. The first-order valence-electron chi connectivity index (χ1n) is 8.29. The summed E-state index contributed by atoms with van der Waals surface area (Å²) in [5.41, 5.74) is 4.96. The van der Waals surface area contributed by atoms with E-state index < -0.39 is 35.2 Å². The molecule has 0 radical (unpaired) electrons. The largest absolute Gasteiger partial charge is 0.477 e. The molecule has 0 saturated carbocycles. The van der Waals surface area contributed by atoms with Crippen LogP contribution < -0.4 is 11.1 Å². The van der Waals surface area contributed by atoms with Crippen molar-refractivity contribution < 1.29 is 38.4 Å². The third-order valence-electron chi connectivity index (χ3n) is 4.04. The van der Waals surface area contributed by atoms with Crippen LogP contribution in [0.2, 0.25) is 0 Å². The fourth-order valence-corrected chi connectivity index (χ4v) is 4.13. The lowest BCUT2D eigenvalue weighted by Gasteiger charge is -2.49. The number of rotatable bonds is 7. The summed E-state index contributed by atoms with van der Waals surface area (Å²) in [5.74, 6) is -3.47. The van der Waals surface area contributed by atoms with Gasteiger partial charge in [0.15, 0.2) is 0 Å². The molecule has 0 spiro atoms. The number of anilines is 1. The number of aromatic nitrogens is 2. The molecule has 1 saturated heterocycles. The number of nitrogens with zero attached hydrogens (tertiary/aromatic N) is 4. The number of thioether (sulfide) groups is 1. The van der Waals surface area contributed by atoms with Gasteiger partial charge in [0, 0.05) is 18.2 Å². The minimum Gasteiger partial charge on any atom is -0.477 e. The highest BCUT2D eigenvalue weighted by Gasteiger charge is 2.54. The number of carbonyl (C=O) groups excluding carboxylic acids is 3. The number of hydrogen-bond donors (Lipinski definition) is 3. The second-order valence-electron chi connectivity index (χ2n) is 5.98. The topological polar surface area (TPSA) is 200 Å². The number of nitrogen functional groups attached to an aromatic ring is 1. The van der Waals surface area contributed by atoms with Gasteiger partial charge in [-0.05, 0) is 0 Å². The van der Waals surface area contributed by atoms with Crippen LogP contribution in [0.15, 0.2) is 20.9 Å². The molecule has 2 aliphatic rings. The van der Waals surface area contributed by atoms with Crippen molar-refractivity contribution in [1.82, 2.24) is 20.4 Å². The zero-order chi connectivity index (χ0) is 22.0. The Morgan fingerprint density at radius 2 is 2.20 bits per heavy atom. The summed E-state index contributed by atoms with van der Waals surface area (Å²) in [6.45, 7) is 0.942. The van der Waals surface area contributed by atoms with Gasteiger partial charge in [0.05, 0.1) is 0 Å². The molecule has 2 atom stereocenters. The van der Waals surface area contributed by atoms with Crippen LogP contribution in [0.4, 0.5) is 6.01 Å². The molecule has 0 bridgehead atoms. The van der Waals surface area contributed by atoms with E-state index in [0.717, 1.165) is 4.90 Å². The van der Waals surface area contributed by atoms with Gasteiger partial charge in [-0.25, -0.2) is 4.79 Å². The van der Waals surface area contributed by atoms with Crippen molar-refractivity contribution in [2.45, 2.75) is 18.3 Å². The fourth-order valence-electron chi connectivity index (χ4n) is 2.80. The van der Waals surface area contributed by atoms with Gasteiger partial charge in [0.1, 0.15) is 30.8 Å². The highest BCUT2D eigenvalue weighted by molar-refractivity contribution is 8.00. The number of nitrogens with two attached hydrogens (primary N) is 1. The van der Waals surface area contributed by atoms with Gasteiger partial charge in [0.2, 0.25) is 11.5 Å². The Bertz CT molecular complexity index is 972. The van der Waals surface area contributed by atoms with E-state index in [1.165, 1.54) is 25.8 Å². The number of carboxylic acid groups (broad SMARTS) is 1. The van der Waals surface area contributed by atoms with Crippen molar-refractivity contribution in [2.24, 2.45) is 5.16 Å². The number of carbonyl (C=O) groups is 4. The molecule has 1 fully saturated rings. The second-order valence-corrected chi connectivity index (χ2v) is 7.08. The molecule has 3 rings (SSSR count). The standard InChI is InChI=1S/C15H16N6O8S/c1-5(22)28-3-6-4-30-13-8(12(24)21(13)9(6)14(25)26)17-11(23)7(19-27-2)10-18-15(16)29-20-10/h8,13H,3-4H2,1-2H3,(H,17,23)(H,25,26)(H2,16,18,20)/t8-,13+/m1/s1. The van der Waals surface area contributed by atoms with Crippen LogP contribution in [0.1, 0.15) is 12.7 Å². The summed E-state index contributed by atoms with van der Waals surface area (Å²) in [4.78, 5) is 57.2. The van der Waals surface area contributed by atoms with Crippen LogP contribution in [0, 0.1) is 0 Å². The lowest BCUT2D eigenvalue weighted by molar-refractivity contribution is -0.150. The zero-order valence-electron chi connectivity index (χ0n) is 15.6. The molecule has 2 aliphatic heterocycles. The second kappa shape index (κ2) is 8.40. The van der Waals surface area contributed by atoms with Crippen molar-refractivity contribution in [3.05, 3.63) is 17.1 Å². The number of hydrogen-bond acceptors (Lipinski definition) is 12. The number of carboxylic acids is 1. The van der Waals surface area contributed by atoms with Crippen molar-refractivity contribution >= 4 is 47.2 Å². The van der Waals surface area contributed by atoms with Crippen LogP contribution in [0.3, 0.4) is 0 Å². The maximum absolute atomic E-state index is 12.6. The first-order valence-corrected chi connectivity index (χ1v) is 9.34. The van der Waals surface area contributed by atoms with Crippen molar-refractivity contribution in [1.29, 1.82) is 0 Å². The first kappa shape index (κ1) is 21.1. The molecule has 0 unspecified atom stereocenters. The van der Waals surface area contributed by atoms with Gasteiger partial charge >= 0.3 is 18.0 Å². The van der Waals surface area contributed by atoms with Gasteiger partial charge < -0.3 is 30.3 Å². The zero-order valence-corrected chi connectivity index (χ0v) is 16.5. The molecule has 1 aromatic rings. The molecule has 0 aromatic carbocycles. The summed E-state index contributed by atoms with van der Waals surface area (Å²) in [5, 5.41) is 18.3. The molecule has 30 heavy (non-hydrogen) atoms. The summed E-state index contributed by atoms with van der Waals surface area (Å²) in [7, 11) is 1.19. The smallest absolute Gasteiger partial charge is 0.352 e. The Balaban J connectivity index is 1.77. The maximum atomic E-state index is 12.6. The highest BCUT2D eigenvalue weighted by Crippen LogP contribution is 2.40. The fraction of sp³-hybridized carbons (Fsp3) is 0.400. The molecule has 0 aliphatic carbocycles. The van der Waals surface area contributed by atoms with Crippen LogP contribution in [0.25, 0.3) is 0 Å². The number of nitrogens with one attached hydrogen (secondary N) is 1. The summed E-state index contributed by atoms with van der Waals surface area (Å²) >= 11 is 1.21. The number of esters is 1. The summed E-state index contributed by atoms with van der Waals surface area (Å²) in [6, 6.07) is -1.33. The van der Waals surface area contributed by atoms with E-state index in [-0.39, 0.29) is 41.2 Å². The monoisotopic (exact) mass is 440 g/mol. The SMILES string of the molecule is CON=C(C(=O)N[C@@H]1C(=O)N2C(C(=O)O)=C(COC(C)=O)CS[C@@H]12)c1noc(N)n1. The van der Waals surface area contributed by atoms with E-state index in [9.17, 15) is 24.3 Å². The molecule has 14 nitrogen and oxygen atoms in total. The molecule has 160 valence electrons. The van der Waals surface area contributed by atoms with E-state index in [4.69, 9.17) is 10.5 Å². The third-order valence-corrected chi connectivity index (χ3v) is 5.38. The number of fused-ring (bicyclic) bond motifs is 1. The Morgan fingerprint density at radius 3 is 2.77 bits per heavy atom. The number of amides is 2. The average Bonchev–Trinajstić information content (AvgIpc) is 3.13. The van der Waals surface area contributed by atoms with Gasteiger partial charge in [0.25, 0.3) is 11.8 Å². The van der Waals surface area contributed by atoms with Gasteiger partial charge in [-0.15, -0.1) is 11.8 Å². The predicted molar refractivity (Wildman–Crippen MR) is 98.6 cm³/mol. The molecule has 2 amide bonds. The van der Waals surface area contributed by atoms with E-state index in [1.54, 1.807) is 0 Å². The molecule has 1 aromatic heterocycles. The predicted octanol–water partition coefficient (Wildman–Crippen LogP) is -1.70. The maximum Gasteiger partial charge on any atom is 0.352 e. The Kier molecular flexibility index (Phi) is 5.91. The van der Waals surface area contributed by atoms with Gasteiger partial charge in [-0.1, -0.05) is 10.3 Å². The van der Waals surface area contributed by atoms with Crippen molar-refractivity contribution in [3.8, 4) is 0 Å². The number of aliphatic carboxylic acids is 1. The molecule has 4 N–H and O–H groups in total.